The largest absolute Gasteiger partial charge is 0.454 e. The predicted octanol–water partition coefficient (Wildman–Crippen LogP) is 12.5. The van der Waals surface area contributed by atoms with Crippen LogP contribution in [0.4, 0.5) is 0 Å². The fourth-order valence-electron chi connectivity index (χ4n) is 8.81. The van der Waals surface area contributed by atoms with Gasteiger partial charge in [-0.1, -0.05) is 135 Å². The van der Waals surface area contributed by atoms with Crippen LogP contribution in [-0.4, -0.2) is 19.5 Å². The van der Waals surface area contributed by atoms with Gasteiger partial charge in [-0.2, -0.15) is 0 Å². The van der Waals surface area contributed by atoms with E-state index in [1.165, 1.54) is 33.0 Å². The number of aryl methyl sites for hydroxylation is 1. The van der Waals surface area contributed by atoms with Crippen molar-refractivity contribution in [2.75, 3.05) is 0 Å². The van der Waals surface area contributed by atoms with E-state index < -0.39 is 0 Å². The maximum absolute atomic E-state index is 6.94. The molecule has 0 unspecified atom stereocenters. The molecule has 5 heteroatoms. The van der Waals surface area contributed by atoms with E-state index in [9.17, 15) is 0 Å². The summed E-state index contributed by atoms with van der Waals surface area (Å²) in [7, 11) is 0. The van der Waals surface area contributed by atoms with Crippen molar-refractivity contribution in [2.24, 2.45) is 0 Å². The maximum atomic E-state index is 6.94. The van der Waals surface area contributed by atoms with Crippen LogP contribution in [-0.2, 0) is 5.41 Å². The van der Waals surface area contributed by atoms with Crippen molar-refractivity contribution in [3.63, 3.8) is 0 Å². The van der Waals surface area contributed by atoms with Gasteiger partial charge >= 0.3 is 0 Å². The van der Waals surface area contributed by atoms with Gasteiger partial charge in [0.25, 0.3) is 0 Å². The lowest BCUT2D eigenvalue weighted by atomic mass is 9.82. The molecule has 5 nitrogen and oxygen atoms in total. The number of hydrogen-bond donors (Lipinski definition) is 0. The Bertz CT molecular complexity index is 3080. The molecule has 10 aromatic rings. The van der Waals surface area contributed by atoms with Crippen molar-refractivity contribution in [3.05, 3.63) is 168 Å². The standard InChI is InChI=1S/C49H34N4O/c1-29-26-41(53-39-24-14-11-21-33(39)36-27-38-35(28-40(36)53)32-20-10-13-23-37(32)49(38,2)3)45-44(34-22-12-15-25-42(34)54-45)43(29)48-51-46(30-16-6-4-7-17-30)50-47(52-48)31-18-8-5-9-19-31/h4-28H,1-3H3. The zero-order valence-electron chi connectivity index (χ0n) is 30.1. The van der Waals surface area contributed by atoms with Crippen molar-refractivity contribution in [1.82, 2.24) is 19.5 Å². The SMILES string of the molecule is Cc1cc(-n2c3ccccc3c3cc4c(cc32)-c2ccccc2C4(C)C)c2oc3ccccc3c2c1-c1nc(-c2ccccc2)nc(-c2ccccc2)n1. The van der Waals surface area contributed by atoms with Gasteiger partial charge in [0.2, 0.25) is 0 Å². The van der Waals surface area contributed by atoms with Crippen LogP contribution < -0.4 is 0 Å². The number of fused-ring (bicyclic) bond motifs is 9. The number of para-hydroxylation sites is 2. The lowest BCUT2D eigenvalue weighted by molar-refractivity contribution is 0.661. The highest BCUT2D eigenvalue weighted by Crippen LogP contribution is 2.51. The second-order valence-corrected chi connectivity index (χ2v) is 14.9. The first-order valence-electron chi connectivity index (χ1n) is 18.5. The third-order valence-corrected chi connectivity index (χ3v) is 11.4. The molecule has 0 radical (unpaired) electrons. The first kappa shape index (κ1) is 30.7. The fraction of sp³-hybridized carbons (Fsp3) is 0.0816. The Labute approximate surface area is 312 Å². The normalized spacial score (nSPS) is 13.2. The van der Waals surface area contributed by atoms with Crippen molar-refractivity contribution < 1.29 is 4.42 Å². The molecule has 3 heterocycles. The van der Waals surface area contributed by atoms with Crippen LogP contribution in [0.3, 0.4) is 0 Å². The molecule has 0 amide bonds. The van der Waals surface area contributed by atoms with Gasteiger partial charge in [-0.25, -0.2) is 15.0 Å². The van der Waals surface area contributed by atoms with Crippen LogP contribution >= 0.6 is 0 Å². The quantitative estimate of drug-likeness (QED) is 0.184. The average Bonchev–Trinajstić information content (AvgIpc) is 3.83. The molecule has 54 heavy (non-hydrogen) atoms. The molecule has 0 bridgehead atoms. The van der Waals surface area contributed by atoms with Gasteiger partial charge in [-0.15, -0.1) is 0 Å². The molecule has 0 saturated carbocycles. The number of aromatic nitrogens is 4. The van der Waals surface area contributed by atoms with Crippen LogP contribution in [0.2, 0.25) is 0 Å². The molecular weight excluding hydrogens is 661 g/mol. The molecule has 11 rings (SSSR count). The van der Waals surface area contributed by atoms with Crippen LogP contribution in [0.1, 0.15) is 30.5 Å². The van der Waals surface area contributed by atoms with Gasteiger partial charge < -0.3 is 8.98 Å². The first-order valence-corrected chi connectivity index (χ1v) is 18.5. The molecule has 256 valence electrons. The van der Waals surface area contributed by atoms with E-state index in [-0.39, 0.29) is 5.41 Å². The van der Waals surface area contributed by atoms with Gasteiger partial charge in [0.1, 0.15) is 5.58 Å². The molecule has 0 saturated heterocycles. The summed E-state index contributed by atoms with van der Waals surface area (Å²) >= 11 is 0. The van der Waals surface area contributed by atoms with Crippen molar-refractivity contribution in [3.8, 4) is 51.0 Å². The Morgan fingerprint density at radius 1 is 0.519 bits per heavy atom. The summed E-state index contributed by atoms with van der Waals surface area (Å²) in [6.45, 7) is 6.85. The minimum Gasteiger partial charge on any atom is -0.454 e. The van der Waals surface area contributed by atoms with Crippen molar-refractivity contribution >= 4 is 43.7 Å². The molecule has 0 spiro atoms. The van der Waals surface area contributed by atoms with Gasteiger partial charge in [0.15, 0.2) is 23.1 Å². The first-order chi connectivity index (χ1) is 26.5. The summed E-state index contributed by atoms with van der Waals surface area (Å²) in [5.41, 5.74) is 13.9. The van der Waals surface area contributed by atoms with E-state index in [0.717, 1.165) is 60.9 Å². The Hall–Kier alpha value is -6.85. The number of hydrogen-bond acceptors (Lipinski definition) is 4. The smallest absolute Gasteiger partial charge is 0.165 e. The Kier molecular flexibility index (Phi) is 6.45. The van der Waals surface area contributed by atoms with E-state index in [1.54, 1.807) is 0 Å². The molecular formula is C49H34N4O. The molecule has 0 N–H and O–H groups in total. The fourth-order valence-corrected chi connectivity index (χ4v) is 8.81. The van der Waals surface area contributed by atoms with Crippen molar-refractivity contribution in [1.29, 1.82) is 0 Å². The van der Waals surface area contributed by atoms with E-state index in [4.69, 9.17) is 19.4 Å². The highest BCUT2D eigenvalue weighted by molar-refractivity contribution is 6.17. The topological polar surface area (TPSA) is 56.7 Å². The monoisotopic (exact) mass is 694 g/mol. The molecule has 3 aromatic heterocycles. The van der Waals surface area contributed by atoms with Gasteiger partial charge in [0.05, 0.1) is 16.7 Å². The number of benzene rings is 7. The summed E-state index contributed by atoms with van der Waals surface area (Å²) in [6.07, 6.45) is 0. The number of nitrogens with zero attached hydrogens (tertiary/aromatic N) is 4. The van der Waals surface area contributed by atoms with Gasteiger partial charge in [-0.3, -0.25) is 0 Å². The van der Waals surface area contributed by atoms with E-state index >= 15 is 0 Å². The summed E-state index contributed by atoms with van der Waals surface area (Å²) in [6, 6.07) is 53.2. The lowest BCUT2D eigenvalue weighted by Gasteiger charge is -2.21. The highest BCUT2D eigenvalue weighted by Gasteiger charge is 2.36. The maximum Gasteiger partial charge on any atom is 0.165 e. The predicted molar refractivity (Wildman–Crippen MR) is 220 cm³/mol. The van der Waals surface area contributed by atoms with E-state index in [2.05, 4.69) is 104 Å². The third kappa shape index (κ3) is 4.36. The second-order valence-electron chi connectivity index (χ2n) is 14.9. The Balaban J connectivity index is 1.24. The molecule has 0 aliphatic heterocycles. The van der Waals surface area contributed by atoms with Crippen LogP contribution in [0.25, 0.3) is 94.7 Å². The minimum absolute atomic E-state index is 0.102. The molecule has 1 aliphatic carbocycles. The lowest BCUT2D eigenvalue weighted by Crippen LogP contribution is -2.14. The van der Waals surface area contributed by atoms with Gasteiger partial charge in [0, 0.05) is 43.7 Å². The van der Waals surface area contributed by atoms with E-state index in [1.807, 2.05) is 72.8 Å². The van der Waals surface area contributed by atoms with Crippen LogP contribution in [0, 0.1) is 6.92 Å². The van der Waals surface area contributed by atoms with E-state index in [0.29, 0.717) is 17.5 Å². The Morgan fingerprint density at radius 3 is 1.87 bits per heavy atom. The minimum atomic E-state index is -0.102. The van der Waals surface area contributed by atoms with Crippen LogP contribution in [0.15, 0.2) is 156 Å². The van der Waals surface area contributed by atoms with Crippen LogP contribution in [0.5, 0.6) is 0 Å². The molecule has 0 fully saturated rings. The molecule has 7 aromatic carbocycles. The summed E-state index contributed by atoms with van der Waals surface area (Å²) in [5.74, 6) is 1.87. The zero-order chi connectivity index (χ0) is 36.1. The highest BCUT2D eigenvalue weighted by atomic mass is 16.3. The van der Waals surface area contributed by atoms with Gasteiger partial charge in [-0.05, 0) is 65.1 Å². The molecule has 1 aliphatic rings. The second kappa shape index (κ2) is 11.3. The van der Waals surface area contributed by atoms with Crippen molar-refractivity contribution in [2.45, 2.75) is 26.2 Å². The number of rotatable bonds is 4. The summed E-state index contributed by atoms with van der Waals surface area (Å²) < 4.78 is 9.34. The Morgan fingerprint density at radius 2 is 1.13 bits per heavy atom. The zero-order valence-corrected chi connectivity index (χ0v) is 30.1. The third-order valence-electron chi connectivity index (χ3n) is 11.4. The summed E-state index contributed by atoms with van der Waals surface area (Å²) in [4.78, 5) is 15.4. The average molecular weight is 695 g/mol. The number of furan rings is 1. The molecule has 0 atom stereocenters. The summed E-state index contributed by atoms with van der Waals surface area (Å²) in [5, 5.41) is 4.45.